The van der Waals surface area contributed by atoms with Gasteiger partial charge >= 0.3 is 0 Å². The van der Waals surface area contributed by atoms with Gasteiger partial charge in [0.25, 0.3) is 0 Å². The lowest BCUT2D eigenvalue weighted by molar-refractivity contribution is 0.381. The van der Waals surface area contributed by atoms with E-state index in [9.17, 15) is 9.65 Å². The first kappa shape index (κ1) is 39.6. The Morgan fingerprint density at radius 2 is 0.746 bits per heavy atom. The number of hydrogen-bond donors (Lipinski definition) is 0. The summed E-state index contributed by atoms with van der Waals surface area (Å²) in [4.78, 5) is 0. The molecular formula is C55H38F5N3. The number of para-hydroxylation sites is 2. The molecule has 0 saturated carbocycles. The first-order valence-electron chi connectivity index (χ1n) is 20.6. The van der Waals surface area contributed by atoms with E-state index in [1.54, 1.807) is 0 Å². The molecule has 0 bridgehead atoms. The highest BCUT2D eigenvalue weighted by Gasteiger charge is 2.30. The Morgan fingerprint density at radius 1 is 0.381 bits per heavy atom. The Hall–Kier alpha value is -7.50. The normalized spacial score (nSPS) is 11.7. The molecule has 0 atom stereocenters. The van der Waals surface area contributed by atoms with E-state index >= 15 is 17.6 Å². The van der Waals surface area contributed by atoms with Crippen molar-refractivity contribution in [1.29, 1.82) is 5.26 Å². The predicted molar refractivity (Wildman–Crippen MR) is 244 cm³/mol. The number of fused-ring (bicyclic) bond motifs is 6. The van der Waals surface area contributed by atoms with Gasteiger partial charge in [0.1, 0.15) is 11.6 Å². The first-order chi connectivity index (χ1) is 30.3. The molecule has 0 aliphatic carbocycles. The van der Waals surface area contributed by atoms with Gasteiger partial charge in [-0.25, -0.2) is 22.0 Å². The highest BCUT2D eigenvalue weighted by molar-refractivity contribution is 6.12. The Kier molecular flexibility index (Phi) is 9.16. The van der Waals surface area contributed by atoms with E-state index in [4.69, 9.17) is 0 Å². The van der Waals surface area contributed by atoms with Crippen molar-refractivity contribution in [2.75, 3.05) is 0 Å². The van der Waals surface area contributed by atoms with E-state index in [1.165, 1.54) is 12.1 Å². The zero-order valence-corrected chi connectivity index (χ0v) is 35.3. The fraction of sp³-hybridized carbons (Fsp3) is 0.109. The van der Waals surface area contributed by atoms with Gasteiger partial charge in [0.2, 0.25) is 5.82 Å². The van der Waals surface area contributed by atoms with Gasteiger partial charge in [-0.15, -0.1) is 0 Å². The fourth-order valence-electron chi connectivity index (χ4n) is 10.1. The third-order valence-electron chi connectivity index (χ3n) is 12.5. The zero-order chi connectivity index (χ0) is 44.2. The van der Waals surface area contributed by atoms with Crippen LogP contribution in [0.1, 0.15) is 38.9 Å². The van der Waals surface area contributed by atoms with Crippen LogP contribution in [0.3, 0.4) is 0 Å². The molecule has 0 amide bonds. The van der Waals surface area contributed by atoms with Crippen molar-refractivity contribution in [3.8, 4) is 50.8 Å². The second-order valence-corrected chi connectivity index (χ2v) is 16.7. The molecule has 0 unspecified atom stereocenters. The minimum Gasteiger partial charge on any atom is -0.308 e. The molecule has 0 aliphatic rings. The lowest BCUT2D eigenvalue weighted by atomic mass is 9.93. The van der Waals surface area contributed by atoms with Crippen LogP contribution in [0.25, 0.3) is 88.4 Å². The topological polar surface area (TPSA) is 33.6 Å². The molecule has 0 radical (unpaired) electrons. The Morgan fingerprint density at radius 3 is 1.14 bits per heavy atom. The van der Waals surface area contributed by atoms with E-state index in [1.807, 2.05) is 95.8 Å². The first-order valence-corrected chi connectivity index (χ1v) is 20.6. The molecule has 0 spiro atoms. The molecule has 0 fully saturated rings. The van der Waals surface area contributed by atoms with Gasteiger partial charge in [0, 0.05) is 21.5 Å². The summed E-state index contributed by atoms with van der Waals surface area (Å²) in [5.41, 5.74) is 12.3. The molecular weight excluding hydrogens is 798 g/mol. The van der Waals surface area contributed by atoms with Gasteiger partial charge < -0.3 is 9.13 Å². The van der Waals surface area contributed by atoms with Gasteiger partial charge in [-0.2, -0.15) is 5.26 Å². The van der Waals surface area contributed by atoms with Crippen LogP contribution in [0.4, 0.5) is 22.0 Å². The molecule has 2 aromatic heterocycles. The summed E-state index contributed by atoms with van der Waals surface area (Å²) in [6, 6.07) is 41.1. The Bertz CT molecular complexity index is 3390. The van der Waals surface area contributed by atoms with Gasteiger partial charge in [-0.1, -0.05) is 96.1 Å². The standard InChI is InChI=1S/C55H38F5N3/c1-28-19-30(3)48(31(4)20-28)34-15-17-39-37-11-7-9-13-42(37)62(44(39)23-34)46-25-36(50-51(56)53(58)55(60)54(59)52(50)57)26-47(41(46)27-61)63-43-14-10-8-12-38(43)40-18-16-35(24-45(40)63)49-32(5)21-29(2)22-33(49)6/h7-26H,1-6H3. The van der Waals surface area contributed by atoms with Crippen LogP contribution in [0.2, 0.25) is 0 Å². The van der Waals surface area contributed by atoms with Gasteiger partial charge in [-0.3, -0.25) is 0 Å². The molecule has 10 aromatic rings. The lowest BCUT2D eigenvalue weighted by Gasteiger charge is -2.20. The third-order valence-corrected chi connectivity index (χ3v) is 12.5. The van der Waals surface area contributed by atoms with Crippen molar-refractivity contribution in [3.05, 3.63) is 189 Å². The number of hydrogen-bond acceptors (Lipinski definition) is 1. The molecule has 0 aliphatic heterocycles. The van der Waals surface area contributed by atoms with Crippen molar-refractivity contribution in [2.24, 2.45) is 0 Å². The van der Waals surface area contributed by atoms with E-state index in [0.29, 0.717) is 22.1 Å². The van der Waals surface area contributed by atoms with E-state index in [0.717, 1.165) is 77.2 Å². The van der Waals surface area contributed by atoms with Crippen molar-refractivity contribution < 1.29 is 22.0 Å². The largest absolute Gasteiger partial charge is 0.308 e. The highest BCUT2D eigenvalue weighted by Crippen LogP contribution is 2.44. The van der Waals surface area contributed by atoms with E-state index in [2.05, 4.69) is 70.2 Å². The molecule has 3 nitrogen and oxygen atoms in total. The maximum Gasteiger partial charge on any atom is 0.200 e. The summed E-state index contributed by atoms with van der Waals surface area (Å²) >= 11 is 0. The van der Waals surface area contributed by atoms with Crippen LogP contribution >= 0.6 is 0 Å². The van der Waals surface area contributed by atoms with Gasteiger partial charge in [0.05, 0.1) is 39.0 Å². The predicted octanol–water partition coefficient (Wildman–Crippen LogP) is 15.3. The number of rotatable bonds is 5. The summed E-state index contributed by atoms with van der Waals surface area (Å²) in [5, 5.41) is 14.8. The van der Waals surface area contributed by atoms with Crippen molar-refractivity contribution in [1.82, 2.24) is 9.13 Å². The van der Waals surface area contributed by atoms with E-state index in [-0.39, 0.29) is 22.5 Å². The van der Waals surface area contributed by atoms with E-state index < -0.39 is 34.6 Å². The molecule has 8 heteroatoms. The highest BCUT2D eigenvalue weighted by atomic mass is 19.2. The summed E-state index contributed by atoms with van der Waals surface area (Å²) in [7, 11) is 0. The van der Waals surface area contributed by atoms with Crippen LogP contribution in [0.5, 0.6) is 0 Å². The molecule has 0 saturated heterocycles. The second-order valence-electron chi connectivity index (χ2n) is 16.7. The van der Waals surface area contributed by atoms with Crippen LogP contribution in [-0.4, -0.2) is 9.13 Å². The number of aromatic nitrogens is 2. The summed E-state index contributed by atoms with van der Waals surface area (Å²) < 4.78 is 81.0. The molecule has 8 aromatic carbocycles. The maximum atomic E-state index is 16.1. The number of nitrogens with zero attached hydrogens (tertiary/aromatic N) is 3. The van der Waals surface area contributed by atoms with Gasteiger partial charge in [-0.05, 0) is 128 Å². The van der Waals surface area contributed by atoms with Crippen molar-refractivity contribution >= 4 is 43.6 Å². The number of aryl methyl sites for hydroxylation is 6. The minimum absolute atomic E-state index is 0.120. The maximum absolute atomic E-state index is 16.1. The third kappa shape index (κ3) is 5.98. The number of halogens is 5. The molecule has 308 valence electrons. The van der Waals surface area contributed by atoms with Gasteiger partial charge in [0.15, 0.2) is 23.3 Å². The SMILES string of the molecule is Cc1cc(C)c(-c2ccc3c4ccccc4n(-c4cc(-c5c(F)c(F)c(F)c(F)c5F)cc(-n5c6ccccc6c6ccc(-c7c(C)cc(C)cc7C)cc65)c4C#N)c3c2)c(C)c1. The fourth-order valence-corrected chi connectivity index (χ4v) is 10.1. The average molecular weight is 836 g/mol. The Balaban J connectivity index is 1.38. The van der Waals surface area contributed by atoms with Crippen LogP contribution in [-0.2, 0) is 0 Å². The molecule has 2 heterocycles. The van der Waals surface area contributed by atoms with Crippen molar-refractivity contribution in [2.45, 2.75) is 41.5 Å². The number of nitriles is 1. The van der Waals surface area contributed by atoms with Crippen LogP contribution in [0.15, 0.2) is 121 Å². The molecule has 10 rings (SSSR count). The monoisotopic (exact) mass is 835 g/mol. The minimum atomic E-state index is -2.25. The Labute approximate surface area is 360 Å². The van der Waals surface area contributed by atoms with Crippen molar-refractivity contribution in [3.63, 3.8) is 0 Å². The molecule has 63 heavy (non-hydrogen) atoms. The van der Waals surface area contributed by atoms with Crippen LogP contribution in [0, 0.1) is 82.0 Å². The summed E-state index contributed by atoms with van der Waals surface area (Å²) in [5.74, 6) is -10.3. The van der Waals surface area contributed by atoms with Crippen LogP contribution < -0.4 is 0 Å². The summed E-state index contributed by atoms with van der Waals surface area (Å²) in [6.07, 6.45) is 0. The second kappa shape index (κ2) is 14.6. The lowest BCUT2D eigenvalue weighted by Crippen LogP contribution is -2.08. The summed E-state index contributed by atoms with van der Waals surface area (Å²) in [6.45, 7) is 12.3. The average Bonchev–Trinajstić information content (AvgIpc) is 3.76. The quantitative estimate of drug-likeness (QED) is 0.0966. The smallest absolute Gasteiger partial charge is 0.200 e. The number of benzene rings is 8. The molecule has 0 N–H and O–H groups in total. The zero-order valence-electron chi connectivity index (χ0n) is 35.3.